The number of nitrogens with zero attached hydrogens (tertiary/aromatic N) is 1. The Bertz CT molecular complexity index is 560. The molecule has 0 fully saturated rings. The highest BCUT2D eigenvalue weighted by molar-refractivity contribution is 5.69. The van der Waals surface area contributed by atoms with E-state index in [1.165, 1.54) is 38.5 Å². The highest BCUT2D eigenvalue weighted by Crippen LogP contribution is 2.11. The molecule has 0 atom stereocenters. The summed E-state index contributed by atoms with van der Waals surface area (Å²) in [4.78, 5) is 25.4. The van der Waals surface area contributed by atoms with E-state index in [1.54, 1.807) is 0 Å². The Morgan fingerprint density at radius 2 is 1.07 bits per heavy atom. The van der Waals surface area contributed by atoms with Crippen LogP contribution in [0, 0.1) is 0 Å². The quantitative estimate of drug-likeness (QED) is 0.0616. The van der Waals surface area contributed by atoms with Gasteiger partial charge in [0.25, 0.3) is 0 Å². The predicted molar refractivity (Wildman–Crippen MR) is 166 cm³/mol. The van der Waals surface area contributed by atoms with Crippen LogP contribution in [0.3, 0.4) is 0 Å². The van der Waals surface area contributed by atoms with Gasteiger partial charge in [0.05, 0.1) is 19.8 Å². The Hall–Kier alpha value is -1.22. The largest absolute Gasteiger partial charge is 0.481 e. The maximum Gasteiger partial charge on any atom is 0.306 e. The molecule has 2 N–H and O–H groups in total. The number of ether oxygens (including phenoxy) is 3. The van der Waals surface area contributed by atoms with Crippen LogP contribution in [0.15, 0.2) is 0 Å². The zero-order valence-electron chi connectivity index (χ0n) is 26.8. The summed E-state index contributed by atoms with van der Waals surface area (Å²) >= 11 is 0. The van der Waals surface area contributed by atoms with Crippen molar-refractivity contribution in [3.05, 3.63) is 0 Å². The average Bonchev–Trinajstić information content (AvgIpc) is 2.95. The first-order valence-electron chi connectivity index (χ1n) is 16.9. The molecular formula is C33H65NO7. The second-order valence-corrected chi connectivity index (χ2v) is 11.4. The van der Waals surface area contributed by atoms with Crippen molar-refractivity contribution in [3.8, 4) is 0 Å². The van der Waals surface area contributed by atoms with Crippen molar-refractivity contribution in [1.29, 1.82) is 0 Å². The molecule has 0 heterocycles. The number of esters is 1. The first kappa shape index (κ1) is 39.8. The number of unbranched alkanes of at least 4 members (excludes halogenated alkanes) is 14. The fraction of sp³-hybridized carbons (Fsp3) is 0.939. The first-order valence-corrected chi connectivity index (χ1v) is 16.9. The van der Waals surface area contributed by atoms with Crippen LogP contribution in [0.5, 0.6) is 0 Å². The van der Waals surface area contributed by atoms with E-state index in [0.717, 1.165) is 90.1 Å². The number of aliphatic hydroxyl groups is 1. The summed E-state index contributed by atoms with van der Waals surface area (Å²) in [7, 11) is 0. The minimum Gasteiger partial charge on any atom is -0.481 e. The molecule has 0 aliphatic carbocycles. The van der Waals surface area contributed by atoms with Gasteiger partial charge in [0.1, 0.15) is 6.10 Å². The Morgan fingerprint density at radius 1 is 0.610 bits per heavy atom. The Morgan fingerprint density at radius 3 is 1.56 bits per heavy atom. The van der Waals surface area contributed by atoms with Crippen molar-refractivity contribution < 1.29 is 34.0 Å². The van der Waals surface area contributed by atoms with Gasteiger partial charge in [-0.15, -0.1) is 0 Å². The van der Waals surface area contributed by atoms with Crippen molar-refractivity contribution in [2.45, 2.75) is 148 Å². The molecule has 0 saturated heterocycles. The summed E-state index contributed by atoms with van der Waals surface area (Å²) in [6.45, 7) is 9.46. The molecule has 0 bridgehead atoms. The van der Waals surface area contributed by atoms with Gasteiger partial charge in [0.2, 0.25) is 0 Å². The number of carbonyl (C=O) groups excluding carboxylic acids is 1. The Balaban J connectivity index is 4.04. The normalized spacial score (nSPS) is 11.5. The molecule has 0 unspecified atom stereocenters. The average molecular weight is 588 g/mol. The molecule has 244 valence electrons. The molecule has 0 radical (unpaired) electrons. The van der Waals surface area contributed by atoms with Crippen molar-refractivity contribution in [3.63, 3.8) is 0 Å². The van der Waals surface area contributed by atoms with Gasteiger partial charge in [-0.3, -0.25) is 9.59 Å². The van der Waals surface area contributed by atoms with Crippen molar-refractivity contribution in [2.24, 2.45) is 0 Å². The smallest absolute Gasteiger partial charge is 0.306 e. The number of aliphatic carboxylic acids is 1. The number of hydrogen-bond donors (Lipinski definition) is 2. The van der Waals surface area contributed by atoms with Gasteiger partial charge in [0, 0.05) is 32.6 Å². The van der Waals surface area contributed by atoms with E-state index in [2.05, 4.69) is 18.7 Å². The van der Waals surface area contributed by atoms with Crippen LogP contribution in [0.25, 0.3) is 0 Å². The summed E-state index contributed by atoms with van der Waals surface area (Å²) in [6, 6.07) is 0. The number of carbonyl (C=O) groups is 2. The Kier molecular flexibility index (Phi) is 30.8. The molecule has 0 aliphatic heterocycles. The number of rotatable bonds is 33. The number of hydrogen-bond acceptors (Lipinski definition) is 7. The van der Waals surface area contributed by atoms with Gasteiger partial charge in [0.15, 0.2) is 0 Å². The molecule has 0 rings (SSSR count). The van der Waals surface area contributed by atoms with Crippen LogP contribution < -0.4 is 0 Å². The van der Waals surface area contributed by atoms with Gasteiger partial charge in [-0.05, 0) is 51.6 Å². The van der Waals surface area contributed by atoms with Crippen LogP contribution >= 0.6 is 0 Å². The van der Waals surface area contributed by atoms with Gasteiger partial charge >= 0.3 is 11.9 Å². The maximum atomic E-state index is 12.5. The molecule has 0 aromatic carbocycles. The predicted octanol–water partition coefficient (Wildman–Crippen LogP) is 7.15. The van der Waals surface area contributed by atoms with Crippen LogP contribution in [0.2, 0.25) is 0 Å². The number of aliphatic hydroxyl groups excluding tert-OH is 1. The van der Waals surface area contributed by atoms with Gasteiger partial charge in [-0.2, -0.15) is 0 Å². The minimum atomic E-state index is -0.712. The highest BCUT2D eigenvalue weighted by atomic mass is 16.6. The molecule has 8 heteroatoms. The van der Waals surface area contributed by atoms with E-state index in [4.69, 9.17) is 19.3 Å². The van der Waals surface area contributed by atoms with E-state index in [-0.39, 0.29) is 25.1 Å². The molecule has 0 aromatic heterocycles. The molecule has 0 spiro atoms. The second kappa shape index (κ2) is 31.7. The zero-order valence-corrected chi connectivity index (χ0v) is 26.8. The van der Waals surface area contributed by atoms with Crippen molar-refractivity contribution in [1.82, 2.24) is 4.90 Å². The fourth-order valence-electron chi connectivity index (χ4n) is 4.81. The lowest BCUT2D eigenvalue weighted by molar-refractivity contribution is -0.156. The maximum absolute atomic E-state index is 12.5. The minimum absolute atomic E-state index is 0.156. The topological polar surface area (TPSA) is 106 Å². The molecule has 0 aliphatic rings. The molecular weight excluding hydrogens is 522 g/mol. The molecule has 0 aromatic rings. The molecule has 8 nitrogen and oxygen atoms in total. The lowest BCUT2D eigenvalue weighted by Gasteiger charge is -2.21. The summed E-state index contributed by atoms with van der Waals surface area (Å²) in [5.74, 6) is -0.869. The van der Waals surface area contributed by atoms with Crippen LogP contribution in [-0.4, -0.2) is 85.8 Å². The van der Waals surface area contributed by atoms with Crippen LogP contribution in [-0.2, 0) is 23.8 Å². The Labute approximate surface area is 251 Å². The molecule has 0 saturated carbocycles. The highest BCUT2D eigenvalue weighted by Gasteiger charge is 2.15. The van der Waals surface area contributed by atoms with E-state index < -0.39 is 5.97 Å². The summed E-state index contributed by atoms with van der Waals surface area (Å²) in [5.41, 5.74) is 0. The van der Waals surface area contributed by atoms with Crippen LogP contribution in [0.4, 0.5) is 0 Å². The first-order chi connectivity index (χ1) is 20.0. The lowest BCUT2D eigenvalue weighted by Crippen LogP contribution is -2.29. The lowest BCUT2D eigenvalue weighted by atomic mass is 10.1. The monoisotopic (exact) mass is 587 g/mol. The number of carboxylic acid groups (broad SMARTS) is 1. The summed E-state index contributed by atoms with van der Waals surface area (Å²) in [6.07, 6.45) is 19.8. The third-order valence-electron chi connectivity index (χ3n) is 7.33. The van der Waals surface area contributed by atoms with E-state index in [0.29, 0.717) is 39.4 Å². The standard InChI is InChI=1S/C33H65NO7/c1-3-5-7-19-27-39-29-31(30-40-28-20-8-6-4-2)41-33(38)22-16-12-10-14-18-24-34(25-26-35)23-17-13-9-11-15-21-32(36)37/h31,35H,3-30H2,1-2H3,(H,36,37). The SMILES string of the molecule is CCCCCCOCC(COCCCCCC)OC(=O)CCCCCCCN(CCO)CCCCCCCC(=O)O. The van der Waals surface area contributed by atoms with Gasteiger partial charge in [-0.25, -0.2) is 0 Å². The van der Waals surface area contributed by atoms with E-state index >= 15 is 0 Å². The van der Waals surface area contributed by atoms with Crippen molar-refractivity contribution in [2.75, 3.05) is 52.7 Å². The van der Waals surface area contributed by atoms with Gasteiger partial charge in [-0.1, -0.05) is 90.9 Å². The summed E-state index contributed by atoms with van der Waals surface area (Å²) in [5, 5.41) is 18.1. The third-order valence-corrected chi connectivity index (χ3v) is 7.33. The fourth-order valence-corrected chi connectivity index (χ4v) is 4.81. The molecule has 41 heavy (non-hydrogen) atoms. The van der Waals surface area contributed by atoms with E-state index in [1.807, 2.05) is 0 Å². The van der Waals surface area contributed by atoms with Gasteiger partial charge < -0.3 is 29.3 Å². The number of carboxylic acids is 1. The molecule has 0 amide bonds. The zero-order chi connectivity index (χ0) is 30.2. The third kappa shape index (κ3) is 30.1. The van der Waals surface area contributed by atoms with E-state index in [9.17, 15) is 14.7 Å². The van der Waals surface area contributed by atoms with Crippen molar-refractivity contribution >= 4 is 11.9 Å². The summed E-state index contributed by atoms with van der Waals surface area (Å²) < 4.78 is 17.3. The van der Waals surface area contributed by atoms with Crippen LogP contribution in [0.1, 0.15) is 142 Å². The second-order valence-electron chi connectivity index (χ2n) is 11.4.